The van der Waals surface area contributed by atoms with Gasteiger partial charge in [0.25, 0.3) is 5.69 Å². The van der Waals surface area contributed by atoms with Gasteiger partial charge in [0.2, 0.25) is 15.9 Å². The molecule has 2 aliphatic heterocycles. The van der Waals surface area contributed by atoms with E-state index >= 15 is 0 Å². The number of hydrogen-bond donors (Lipinski definition) is 1. The predicted octanol–water partition coefficient (Wildman–Crippen LogP) is -0.516. The highest BCUT2D eigenvalue weighted by atomic mass is 32.2. The Bertz CT molecular complexity index is 863. The van der Waals surface area contributed by atoms with Crippen molar-refractivity contribution < 1.29 is 22.9 Å². The number of carbonyl (C=O) groups is 1. The molecule has 160 valence electrons. The first-order chi connectivity index (χ1) is 13.8. The average molecular weight is 427 g/mol. The molecule has 1 aromatic carbocycles. The van der Waals surface area contributed by atoms with Crippen molar-refractivity contribution >= 4 is 27.3 Å². The highest BCUT2D eigenvalue weighted by Gasteiger charge is 2.32. The van der Waals surface area contributed by atoms with Crippen LogP contribution < -0.4 is 10.2 Å². The van der Waals surface area contributed by atoms with Gasteiger partial charge in [0.1, 0.15) is 4.90 Å². The number of amides is 1. The number of ether oxygens (including phenoxy) is 1. The fourth-order valence-corrected chi connectivity index (χ4v) is 5.08. The molecule has 1 amide bonds. The number of non-ortho nitro benzene ring substituents is 1. The Morgan fingerprint density at radius 2 is 1.83 bits per heavy atom. The van der Waals surface area contributed by atoms with Gasteiger partial charge >= 0.3 is 0 Å². The van der Waals surface area contributed by atoms with Crippen LogP contribution in [0.4, 0.5) is 11.4 Å². The summed E-state index contributed by atoms with van der Waals surface area (Å²) in [5.74, 6) is -0.0793. The fraction of sp³-hybridized carbons (Fsp3) is 0.588. The lowest BCUT2D eigenvalue weighted by Gasteiger charge is -2.37. The molecule has 1 N–H and O–H groups in total. The molecule has 0 aliphatic carbocycles. The third-order valence-electron chi connectivity index (χ3n) is 5.10. The highest BCUT2D eigenvalue weighted by molar-refractivity contribution is 7.89. The molecule has 0 spiro atoms. The molecular weight excluding hydrogens is 402 g/mol. The van der Waals surface area contributed by atoms with Crippen LogP contribution >= 0.6 is 0 Å². The molecule has 11 nitrogen and oxygen atoms in total. The summed E-state index contributed by atoms with van der Waals surface area (Å²) in [5, 5.41) is 13.8. The van der Waals surface area contributed by atoms with Crippen molar-refractivity contribution in [3.63, 3.8) is 0 Å². The lowest BCUT2D eigenvalue weighted by Crippen LogP contribution is -2.49. The monoisotopic (exact) mass is 427 g/mol. The van der Waals surface area contributed by atoms with Crippen molar-refractivity contribution in [2.75, 3.05) is 71.0 Å². The Morgan fingerprint density at radius 3 is 2.41 bits per heavy atom. The second kappa shape index (κ2) is 9.03. The van der Waals surface area contributed by atoms with Crippen LogP contribution in [0.1, 0.15) is 0 Å². The number of nitrogens with zero attached hydrogens (tertiary/aromatic N) is 4. The highest BCUT2D eigenvalue weighted by Crippen LogP contribution is 2.32. The van der Waals surface area contributed by atoms with Gasteiger partial charge in [-0.05, 0) is 6.07 Å². The van der Waals surface area contributed by atoms with Crippen molar-refractivity contribution in [2.45, 2.75) is 4.90 Å². The Morgan fingerprint density at radius 1 is 1.17 bits per heavy atom. The summed E-state index contributed by atoms with van der Waals surface area (Å²) in [5.41, 5.74) is 0.181. The number of morpholine rings is 1. The van der Waals surface area contributed by atoms with Gasteiger partial charge in [-0.2, -0.15) is 4.31 Å². The predicted molar refractivity (Wildman–Crippen MR) is 105 cm³/mol. The Kier molecular flexibility index (Phi) is 6.67. The van der Waals surface area contributed by atoms with Crippen molar-refractivity contribution in [3.05, 3.63) is 28.3 Å². The average Bonchev–Trinajstić information content (AvgIpc) is 2.74. The number of likely N-dealkylation sites (N-methyl/N-ethyl adjacent to an activating group) is 1. The van der Waals surface area contributed by atoms with Crippen LogP contribution in [-0.4, -0.2) is 94.5 Å². The summed E-state index contributed by atoms with van der Waals surface area (Å²) in [6.45, 7) is 3.49. The molecule has 12 heteroatoms. The number of nitro benzene ring substituents is 1. The van der Waals surface area contributed by atoms with Gasteiger partial charge in [-0.1, -0.05) is 0 Å². The normalized spacial score (nSPS) is 19.1. The van der Waals surface area contributed by atoms with E-state index in [0.717, 1.165) is 6.07 Å². The summed E-state index contributed by atoms with van der Waals surface area (Å²) in [6.07, 6.45) is 0. The van der Waals surface area contributed by atoms with Crippen molar-refractivity contribution in [1.29, 1.82) is 0 Å². The van der Waals surface area contributed by atoms with Crippen LogP contribution in [0.5, 0.6) is 0 Å². The van der Waals surface area contributed by atoms with E-state index in [1.54, 1.807) is 7.05 Å². The number of sulfonamides is 1. The van der Waals surface area contributed by atoms with Crippen LogP contribution in [0.2, 0.25) is 0 Å². The van der Waals surface area contributed by atoms with Crippen LogP contribution in [-0.2, 0) is 19.6 Å². The summed E-state index contributed by atoms with van der Waals surface area (Å²) in [6, 6.07) is 3.96. The first-order valence-electron chi connectivity index (χ1n) is 9.37. The van der Waals surface area contributed by atoms with E-state index in [4.69, 9.17) is 4.74 Å². The van der Waals surface area contributed by atoms with E-state index < -0.39 is 14.9 Å². The third kappa shape index (κ3) is 4.83. The van der Waals surface area contributed by atoms with Gasteiger partial charge in [0.15, 0.2) is 0 Å². The van der Waals surface area contributed by atoms with Gasteiger partial charge in [0.05, 0.1) is 30.4 Å². The van der Waals surface area contributed by atoms with Crippen molar-refractivity contribution in [3.8, 4) is 0 Å². The van der Waals surface area contributed by atoms with E-state index in [1.807, 2.05) is 9.80 Å². The van der Waals surface area contributed by atoms with E-state index in [9.17, 15) is 23.3 Å². The molecule has 0 atom stereocenters. The standard InChI is InChI=1S/C17H25N5O6S/c1-18-17(23)13-19-4-6-20(7-5-19)15-3-2-14(22(24)25)12-16(15)29(26,27)21-8-10-28-11-9-21/h2-3,12H,4-11,13H2,1H3,(H,18,23). The molecule has 2 saturated heterocycles. The van der Waals surface area contributed by atoms with Gasteiger partial charge in [-0.25, -0.2) is 8.42 Å². The molecule has 1 aromatic rings. The Balaban J connectivity index is 1.87. The zero-order valence-electron chi connectivity index (χ0n) is 16.2. The molecule has 29 heavy (non-hydrogen) atoms. The fourth-order valence-electron chi connectivity index (χ4n) is 3.44. The van der Waals surface area contributed by atoms with Crippen molar-refractivity contribution in [1.82, 2.24) is 14.5 Å². The van der Waals surface area contributed by atoms with E-state index in [2.05, 4.69) is 5.32 Å². The second-order valence-corrected chi connectivity index (χ2v) is 8.77. The number of nitrogens with one attached hydrogen (secondary N) is 1. The van der Waals surface area contributed by atoms with Gasteiger partial charge in [-0.3, -0.25) is 19.8 Å². The van der Waals surface area contributed by atoms with Gasteiger partial charge in [-0.15, -0.1) is 0 Å². The summed E-state index contributed by atoms with van der Waals surface area (Å²) < 4.78 is 33.0. The van der Waals surface area contributed by atoms with E-state index in [1.165, 1.54) is 16.4 Å². The minimum atomic E-state index is -3.91. The smallest absolute Gasteiger partial charge is 0.270 e. The maximum absolute atomic E-state index is 13.2. The SMILES string of the molecule is CNC(=O)CN1CCN(c2ccc([N+](=O)[O-])cc2S(=O)(=O)N2CCOCC2)CC1. The lowest BCUT2D eigenvalue weighted by molar-refractivity contribution is -0.385. The number of hydrogen-bond acceptors (Lipinski definition) is 8. The Labute approximate surface area is 169 Å². The molecule has 0 radical (unpaired) electrons. The lowest BCUT2D eigenvalue weighted by atomic mass is 10.2. The first kappa shape index (κ1) is 21.4. The van der Waals surface area contributed by atoms with Crippen LogP contribution in [0.3, 0.4) is 0 Å². The summed E-state index contributed by atoms with van der Waals surface area (Å²) in [4.78, 5) is 26.0. The maximum Gasteiger partial charge on any atom is 0.270 e. The molecule has 0 bridgehead atoms. The largest absolute Gasteiger partial charge is 0.379 e. The van der Waals surface area contributed by atoms with Crippen LogP contribution in [0.25, 0.3) is 0 Å². The second-order valence-electron chi connectivity index (χ2n) is 6.86. The maximum atomic E-state index is 13.2. The van der Waals surface area contributed by atoms with Crippen molar-refractivity contribution in [2.24, 2.45) is 0 Å². The molecule has 0 saturated carbocycles. The van der Waals surface area contributed by atoms with Gasteiger partial charge in [0, 0.05) is 58.4 Å². The Hall–Kier alpha value is -2.28. The van der Waals surface area contributed by atoms with Crippen LogP contribution in [0, 0.1) is 10.1 Å². The van der Waals surface area contributed by atoms with E-state index in [-0.39, 0.29) is 36.1 Å². The number of piperazine rings is 1. The summed E-state index contributed by atoms with van der Waals surface area (Å²) in [7, 11) is -2.32. The zero-order valence-corrected chi connectivity index (χ0v) is 17.1. The molecule has 0 aromatic heterocycles. The number of nitro groups is 1. The van der Waals surface area contributed by atoms with E-state index in [0.29, 0.717) is 45.1 Å². The minimum absolute atomic E-state index is 0.0617. The number of anilines is 1. The third-order valence-corrected chi connectivity index (χ3v) is 7.03. The first-order valence-corrected chi connectivity index (χ1v) is 10.8. The van der Waals surface area contributed by atoms with Crippen LogP contribution in [0.15, 0.2) is 23.1 Å². The molecule has 2 heterocycles. The molecule has 2 fully saturated rings. The summed E-state index contributed by atoms with van der Waals surface area (Å²) >= 11 is 0. The molecule has 2 aliphatic rings. The number of carbonyl (C=O) groups excluding carboxylic acids is 1. The number of benzene rings is 1. The zero-order chi connectivity index (χ0) is 21.0. The topological polar surface area (TPSA) is 125 Å². The number of rotatable bonds is 6. The minimum Gasteiger partial charge on any atom is -0.379 e. The molecular formula is C17H25N5O6S. The molecule has 0 unspecified atom stereocenters. The molecule has 3 rings (SSSR count). The quantitative estimate of drug-likeness (QED) is 0.475. The van der Waals surface area contributed by atoms with Gasteiger partial charge < -0.3 is 15.0 Å².